The van der Waals surface area contributed by atoms with Gasteiger partial charge in [0.25, 0.3) is 5.56 Å². The average Bonchev–Trinajstić information content (AvgIpc) is 2.47. The zero-order valence-electron chi connectivity index (χ0n) is 10.3. The number of hydrogen-bond donors (Lipinski definition) is 2. The van der Waals surface area contributed by atoms with Crippen LogP contribution in [0.15, 0.2) is 53.6 Å². The number of rotatable bonds is 2. The molecule has 0 radical (unpaired) electrons. The topological polar surface area (TPSA) is 83.0 Å². The third kappa shape index (κ3) is 1.95. The highest BCUT2D eigenvalue weighted by Gasteiger charge is 2.11. The zero-order valence-corrected chi connectivity index (χ0v) is 10.3. The van der Waals surface area contributed by atoms with Gasteiger partial charge in [0.2, 0.25) is 0 Å². The Morgan fingerprint density at radius 2 is 1.95 bits per heavy atom. The molecule has 5 heteroatoms. The summed E-state index contributed by atoms with van der Waals surface area (Å²) in [5.41, 5.74) is 1.78. The van der Waals surface area contributed by atoms with Crippen molar-refractivity contribution >= 4 is 16.9 Å². The van der Waals surface area contributed by atoms with E-state index in [0.29, 0.717) is 22.0 Å². The van der Waals surface area contributed by atoms with Crippen molar-refractivity contribution in [2.75, 3.05) is 0 Å². The Hall–Kier alpha value is -2.95. The highest BCUT2D eigenvalue weighted by molar-refractivity contribution is 5.97. The van der Waals surface area contributed by atoms with Gasteiger partial charge in [-0.1, -0.05) is 24.3 Å². The van der Waals surface area contributed by atoms with Crippen molar-refractivity contribution in [3.63, 3.8) is 0 Å². The summed E-state index contributed by atoms with van der Waals surface area (Å²) in [5.74, 6) is -0.999. The molecule has 0 unspecified atom stereocenters. The first-order valence-corrected chi connectivity index (χ1v) is 5.97. The van der Waals surface area contributed by atoms with Crippen LogP contribution in [0.4, 0.5) is 0 Å². The molecule has 0 amide bonds. The van der Waals surface area contributed by atoms with Crippen molar-refractivity contribution in [1.82, 2.24) is 9.97 Å². The van der Waals surface area contributed by atoms with Crippen molar-refractivity contribution in [2.24, 2.45) is 0 Å². The molecule has 0 fully saturated rings. The highest BCUT2D eigenvalue weighted by Crippen LogP contribution is 2.25. The molecule has 3 rings (SSSR count). The van der Waals surface area contributed by atoms with E-state index in [2.05, 4.69) is 9.97 Å². The van der Waals surface area contributed by atoms with Gasteiger partial charge in [0.15, 0.2) is 0 Å². The molecule has 0 atom stereocenters. The Labute approximate surface area is 113 Å². The van der Waals surface area contributed by atoms with Gasteiger partial charge in [-0.3, -0.25) is 4.79 Å². The van der Waals surface area contributed by atoms with E-state index in [9.17, 15) is 14.7 Å². The number of carbonyl (C=O) groups is 1. The van der Waals surface area contributed by atoms with E-state index in [1.165, 1.54) is 12.4 Å². The highest BCUT2D eigenvalue weighted by atomic mass is 16.4. The molecule has 98 valence electrons. The maximum absolute atomic E-state index is 11.8. The minimum atomic E-state index is -0.999. The third-order valence-corrected chi connectivity index (χ3v) is 3.11. The molecule has 0 aliphatic carbocycles. The molecule has 1 aromatic heterocycles. The molecule has 1 heterocycles. The van der Waals surface area contributed by atoms with Gasteiger partial charge in [-0.2, -0.15) is 0 Å². The van der Waals surface area contributed by atoms with E-state index < -0.39 is 5.97 Å². The number of fused-ring (bicyclic) bond motifs is 1. The lowest BCUT2D eigenvalue weighted by molar-refractivity contribution is 0.0697. The zero-order chi connectivity index (χ0) is 14.1. The monoisotopic (exact) mass is 266 g/mol. The molecule has 0 aliphatic rings. The van der Waals surface area contributed by atoms with Crippen LogP contribution in [0.3, 0.4) is 0 Å². The Bertz CT molecular complexity index is 868. The summed E-state index contributed by atoms with van der Waals surface area (Å²) >= 11 is 0. The molecule has 2 N–H and O–H groups in total. The fraction of sp³-hybridized carbons (Fsp3) is 0. The Morgan fingerprint density at radius 1 is 1.15 bits per heavy atom. The summed E-state index contributed by atoms with van der Waals surface area (Å²) in [5, 5.41) is 9.65. The standard InChI is InChI=1S/C15H10N2O3/c18-14-12-7-9(5-6-13(12)16-8-17-14)10-3-1-2-4-11(10)15(19)20/h1-8H,(H,19,20)(H,16,17,18). The van der Waals surface area contributed by atoms with Gasteiger partial charge < -0.3 is 10.1 Å². The Balaban J connectivity index is 2.28. The van der Waals surface area contributed by atoms with Gasteiger partial charge >= 0.3 is 5.97 Å². The van der Waals surface area contributed by atoms with E-state index in [4.69, 9.17) is 0 Å². The molecule has 2 aromatic carbocycles. The van der Waals surface area contributed by atoms with Crippen molar-refractivity contribution in [3.05, 3.63) is 64.7 Å². The van der Waals surface area contributed by atoms with E-state index in [1.54, 1.807) is 36.4 Å². The summed E-state index contributed by atoms with van der Waals surface area (Å²) < 4.78 is 0. The summed E-state index contributed by atoms with van der Waals surface area (Å²) in [6, 6.07) is 11.8. The maximum atomic E-state index is 11.8. The molecule has 3 aromatic rings. The van der Waals surface area contributed by atoms with Crippen LogP contribution in [0.25, 0.3) is 22.0 Å². The third-order valence-electron chi connectivity index (χ3n) is 3.11. The second kappa shape index (κ2) is 4.62. The largest absolute Gasteiger partial charge is 0.478 e. The van der Waals surface area contributed by atoms with E-state index in [-0.39, 0.29) is 11.1 Å². The van der Waals surface area contributed by atoms with E-state index in [1.807, 2.05) is 0 Å². The number of carboxylic acid groups (broad SMARTS) is 1. The van der Waals surface area contributed by atoms with Gasteiger partial charge in [0.1, 0.15) is 0 Å². The average molecular weight is 266 g/mol. The molecule has 0 aliphatic heterocycles. The summed E-state index contributed by atoms with van der Waals surface area (Å²) in [4.78, 5) is 29.6. The number of carboxylic acids is 1. The van der Waals surface area contributed by atoms with Crippen LogP contribution in [0.5, 0.6) is 0 Å². The quantitative estimate of drug-likeness (QED) is 0.745. The number of hydrogen-bond acceptors (Lipinski definition) is 3. The van der Waals surface area contributed by atoms with Crippen molar-refractivity contribution in [2.45, 2.75) is 0 Å². The van der Waals surface area contributed by atoms with Gasteiger partial charge in [-0.25, -0.2) is 9.78 Å². The second-order valence-electron chi connectivity index (χ2n) is 4.31. The Kier molecular flexibility index (Phi) is 2.80. The van der Waals surface area contributed by atoms with Gasteiger partial charge in [0.05, 0.1) is 22.8 Å². The number of aromatic nitrogens is 2. The van der Waals surface area contributed by atoms with Gasteiger partial charge in [-0.15, -0.1) is 0 Å². The fourth-order valence-electron chi connectivity index (χ4n) is 2.16. The molecule has 0 saturated carbocycles. The lowest BCUT2D eigenvalue weighted by Crippen LogP contribution is -2.06. The van der Waals surface area contributed by atoms with Crippen LogP contribution in [-0.2, 0) is 0 Å². The van der Waals surface area contributed by atoms with Gasteiger partial charge in [0, 0.05) is 0 Å². The molecule has 0 saturated heterocycles. The SMILES string of the molecule is O=C(O)c1ccccc1-c1ccc2nc[nH]c(=O)c2c1. The van der Waals surface area contributed by atoms with Crippen LogP contribution in [0.1, 0.15) is 10.4 Å². The van der Waals surface area contributed by atoms with Crippen LogP contribution in [0, 0.1) is 0 Å². The van der Waals surface area contributed by atoms with Crippen molar-refractivity contribution in [3.8, 4) is 11.1 Å². The molecule has 5 nitrogen and oxygen atoms in total. The molecular weight excluding hydrogens is 256 g/mol. The van der Waals surface area contributed by atoms with E-state index in [0.717, 1.165) is 0 Å². The number of H-pyrrole nitrogens is 1. The second-order valence-corrected chi connectivity index (χ2v) is 4.31. The smallest absolute Gasteiger partial charge is 0.336 e. The molecule has 0 bridgehead atoms. The summed E-state index contributed by atoms with van der Waals surface area (Å²) in [6.07, 6.45) is 1.34. The van der Waals surface area contributed by atoms with Crippen LogP contribution < -0.4 is 5.56 Å². The number of nitrogens with one attached hydrogen (secondary N) is 1. The van der Waals surface area contributed by atoms with Crippen LogP contribution >= 0.6 is 0 Å². The number of nitrogens with zero attached hydrogens (tertiary/aromatic N) is 1. The van der Waals surface area contributed by atoms with Crippen molar-refractivity contribution in [1.29, 1.82) is 0 Å². The van der Waals surface area contributed by atoms with Crippen molar-refractivity contribution < 1.29 is 9.90 Å². The Morgan fingerprint density at radius 3 is 2.75 bits per heavy atom. The first-order valence-electron chi connectivity index (χ1n) is 5.97. The molecular formula is C15H10N2O3. The predicted molar refractivity (Wildman–Crippen MR) is 74.8 cm³/mol. The molecule has 20 heavy (non-hydrogen) atoms. The van der Waals surface area contributed by atoms with E-state index >= 15 is 0 Å². The predicted octanol–water partition coefficient (Wildman–Crippen LogP) is 2.29. The summed E-state index contributed by atoms with van der Waals surface area (Å²) in [6.45, 7) is 0. The fourth-order valence-corrected chi connectivity index (χ4v) is 2.16. The van der Waals surface area contributed by atoms with Gasteiger partial charge in [-0.05, 0) is 29.3 Å². The maximum Gasteiger partial charge on any atom is 0.336 e. The minimum absolute atomic E-state index is 0.201. The first-order chi connectivity index (χ1) is 9.66. The number of benzene rings is 2. The molecule has 0 spiro atoms. The number of aromatic carboxylic acids is 1. The lowest BCUT2D eigenvalue weighted by Gasteiger charge is -2.06. The lowest BCUT2D eigenvalue weighted by atomic mass is 9.98. The van der Waals surface area contributed by atoms with Crippen LogP contribution in [0.2, 0.25) is 0 Å². The summed E-state index contributed by atoms with van der Waals surface area (Å²) in [7, 11) is 0. The van der Waals surface area contributed by atoms with Crippen LogP contribution in [-0.4, -0.2) is 21.0 Å². The minimum Gasteiger partial charge on any atom is -0.478 e. The first kappa shape index (κ1) is 12.1. The number of aromatic amines is 1. The normalized spacial score (nSPS) is 10.6.